The first-order chi connectivity index (χ1) is 8.59. The van der Waals surface area contributed by atoms with Crippen molar-refractivity contribution in [2.45, 2.75) is 46.1 Å². The molecule has 2 rings (SSSR count). The number of hydrogen-bond acceptors (Lipinski definition) is 2. The second-order valence-electron chi connectivity index (χ2n) is 6.11. The standard InChI is InChI=1S/C16H25NO/c1-4-13-5-9-15(10-6-13)18-12-16(2,3)11-17-14-7-8-14/h5-6,9-10,14,17H,4,7-8,11-12H2,1-3H3. The zero-order valence-corrected chi connectivity index (χ0v) is 11.8. The van der Waals surface area contributed by atoms with Crippen molar-refractivity contribution in [2.24, 2.45) is 5.41 Å². The fraction of sp³-hybridized carbons (Fsp3) is 0.625. The Labute approximate surface area is 111 Å². The monoisotopic (exact) mass is 247 g/mol. The second kappa shape index (κ2) is 5.75. The summed E-state index contributed by atoms with van der Waals surface area (Å²) in [5.74, 6) is 0.978. The van der Waals surface area contributed by atoms with E-state index >= 15 is 0 Å². The average molecular weight is 247 g/mol. The van der Waals surface area contributed by atoms with Gasteiger partial charge >= 0.3 is 0 Å². The van der Waals surface area contributed by atoms with Crippen LogP contribution in [0.2, 0.25) is 0 Å². The van der Waals surface area contributed by atoms with Gasteiger partial charge in [0.05, 0.1) is 6.61 Å². The Kier molecular flexibility index (Phi) is 4.28. The zero-order valence-electron chi connectivity index (χ0n) is 11.8. The van der Waals surface area contributed by atoms with Crippen molar-refractivity contribution in [1.82, 2.24) is 5.32 Å². The van der Waals surface area contributed by atoms with E-state index < -0.39 is 0 Å². The summed E-state index contributed by atoms with van der Waals surface area (Å²) in [6, 6.07) is 9.20. The molecule has 1 aliphatic rings. The van der Waals surface area contributed by atoms with Gasteiger partial charge in [0, 0.05) is 18.0 Å². The lowest BCUT2D eigenvalue weighted by Crippen LogP contribution is -2.35. The van der Waals surface area contributed by atoms with Gasteiger partial charge < -0.3 is 10.1 Å². The van der Waals surface area contributed by atoms with E-state index in [0.29, 0.717) is 0 Å². The van der Waals surface area contributed by atoms with E-state index in [1.165, 1.54) is 18.4 Å². The van der Waals surface area contributed by atoms with E-state index in [1.807, 2.05) is 0 Å². The Bertz CT molecular complexity index is 365. The van der Waals surface area contributed by atoms with Crippen LogP contribution in [0, 0.1) is 5.41 Å². The summed E-state index contributed by atoms with van der Waals surface area (Å²) in [5, 5.41) is 3.57. The number of aryl methyl sites for hydroxylation is 1. The van der Waals surface area contributed by atoms with Gasteiger partial charge in [-0.3, -0.25) is 0 Å². The summed E-state index contributed by atoms with van der Waals surface area (Å²) in [6.45, 7) is 8.47. The molecule has 18 heavy (non-hydrogen) atoms. The summed E-state index contributed by atoms with van der Waals surface area (Å²) in [7, 11) is 0. The highest BCUT2D eigenvalue weighted by atomic mass is 16.5. The van der Waals surface area contributed by atoms with Gasteiger partial charge in [0.15, 0.2) is 0 Å². The maximum Gasteiger partial charge on any atom is 0.119 e. The summed E-state index contributed by atoms with van der Waals surface area (Å²) in [6.07, 6.45) is 3.77. The molecular formula is C16H25NO. The Morgan fingerprint density at radius 1 is 1.22 bits per heavy atom. The Balaban J connectivity index is 1.77. The van der Waals surface area contributed by atoms with E-state index in [0.717, 1.165) is 31.4 Å². The minimum absolute atomic E-state index is 0.187. The SMILES string of the molecule is CCc1ccc(OCC(C)(C)CNC2CC2)cc1. The van der Waals surface area contributed by atoms with E-state index in [9.17, 15) is 0 Å². The molecule has 0 atom stereocenters. The predicted molar refractivity (Wildman–Crippen MR) is 76.1 cm³/mol. The molecule has 0 heterocycles. The van der Waals surface area contributed by atoms with Gasteiger partial charge in [-0.05, 0) is 37.0 Å². The van der Waals surface area contributed by atoms with E-state index in [4.69, 9.17) is 4.74 Å². The molecule has 1 aromatic rings. The lowest BCUT2D eigenvalue weighted by Gasteiger charge is -2.25. The maximum absolute atomic E-state index is 5.88. The van der Waals surface area contributed by atoms with Crippen LogP contribution >= 0.6 is 0 Å². The molecule has 0 spiro atoms. The predicted octanol–water partition coefficient (Wildman–Crippen LogP) is 3.41. The van der Waals surface area contributed by atoms with Gasteiger partial charge in [-0.2, -0.15) is 0 Å². The van der Waals surface area contributed by atoms with Crippen LogP contribution in [-0.4, -0.2) is 19.2 Å². The minimum atomic E-state index is 0.187. The van der Waals surface area contributed by atoms with Crippen LogP contribution in [0.25, 0.3) is 0 Å². The highest BCUT2D eigenvalue weighted by molar-refractivity contribution is 5.27. The second-order valence-corrected chi connectivity index (χ2v) is 6.11. The zero-order chi connectivity index (χ0) is 13.0. The van der Waals surface area contributed by atoms with Crippen LogP contribution in [0.5, 0.6) is 5.75 Å². The largest absolute Gasteiger partial charge is 0.493 e. The molecule has 2 nitrogen and oxygen atoms in total. The summed E-state index contributed by atoms with van der Waals surface area (Å²) >= 11 is 0. The Hall–Kier alpha value is -1.02. The number of benzene rings is 1. The average Bonchev–Trinajstić information content (AvgIpc) is 3.19. The van der Waals surface area contributed by atoms with Gasteiger partial charge in [0.1, 0.15) is 5.75 Å². The molecule has 1 aliphatic carbocycles. The summed E-state index contributed by atoms with van der Waals surface area (Å²) in [4.78, 5) is 0. The molecule has 1 N–H and O–H groups in total. The van der Waals surface area contributed by atoms with Crippen molar-refractivity contribution in [2.75, 3.05) is 13.2 Å². The van der Waals surface area contributed by atoms with Crippen LogP contribution in [0.4, 0.5) is 0 Å². The van der Waals surface area contributed by atoms with Crippen LogP contribution in [-0.2, 0) is 6.42 Å². The minimum Gasteiger partial charge on any atom is -0.493 e. The molecule has 100 valence electrons. The fourth-order valence-electron chi connectivity index (χ4n) is 1.86. The molecule has 0 aliphatic heterocycles. The van der Waals surface area contributed by atoms with Crippen LogP contribution in [0.15, 0.2) is 24.3 Å². The summed E-state index contributed by atoms with van der Waals surface area (Å²) in [5.41, 5.74) is 1.54. The molecule has 2 heteroatoms. The third-order valence-corrected chi connectivity index (χ3v) is 3.41. The third-order valence-electron chi connectivity index (χ3n) is 3.41. The first-order valence-electron chi connectivity index (χ1n) is 7.04. The normalized spacial score (nSPS) is 15.7. The van der Waals surface area contributed by atoms with Gasteiger partial charge in [0.2, 0.25) is 0 Å². The highest BCUT2D eigenvalue weighted by Gasteiger charge is 2.25. The molecule has 0 unspecified atom stereocenters. The van der Waals surface area contributed by atoms with Gasteiger partial charge in [-0.15, -0.1) is 0 Å². The maximum atomic E-state index is 5.88. The number of ether oxygens (including phenoxy) is 1. The van der Waals surface area contributed by atoms with Gasteiger partial charge in [0.25, 0.3) is 0 Å². The molecule has 0 amide bonds. The lowest BCUT2D eigenvalue weighted by molar-refractivity contribution is 0.176. The van der Waals surface area contributed by atoms with Crippen molar-refractivity contribution < 1.29 is 4.74 Å². The van der Waals surface area contributed by atoms with Crippen LogP contribution in [0.3, 0.4) is 0 Å². The number of rotatable bonds is 7. The molecular weight excluding hydrogens is 222 g/mol. The molecule has 1 fully saturated rings. The van der Waals surface area contributed by atoms with Gasteiger partial charge in [-0.25, -0.2) is 0 Å². The lowest BCUT2D eigenvalue weighted by atomic mass is 9.95. The van der Waals surface area contributed by atoms with Crippen LogP contribution < -0.4 is 10.1 Å². The number of nitrogens with one attached hydrogen (secondary N) is 1. The first kappa shape index (κ1) is 13.4. The van der Waals surface area contributed by atoms with Crippen LogP contribution in [0.1, 0.15) is 39.2 Å². The molecule has 1 aromatic carbocycles. The smallest absolute Gasteiger partial charge is 0.119 e. The Morgan fingerprint density at radius 2 is 1.89 bits per heavy atom. The highest BCUT2D eigenvalue weighted by Crippen LogP contribution is 2.23. The molecule has 0 saturated heterocycles. The number of hydrogen-bond donors (Lipinski definition) is 1. The molecule has 0 aromatic heterocycles. The fourth-order valence-corrected chi connectivity index (χ4v) is 1.86. The van der Waals surface area contributed by atoms with E-state index in [1.54, 1.807) is 0 Å². The van der Waals surface area contributed by atoms with E-state index in [-0.39, 0.29) is 5.41 Å². The van der Waals surface area contributed by atoms with Crippen molar-refractivity contribution >= 4 is 0 Å². The summed E-state index contributed by atoms with van der Waals surface area (Å²) < 4.78 is 5.88. The van der Waals surface area contributed by atoms with Crippen molar-refractivity contribution in [3.63, 3.8) is 0 Å². The van der Waals surface area contributed by atoms with Crippen molar-refractivity contribution in [3.8, 4) is 5.75 Å². The van der Waals surface area contributed by atoms with Crippen molar-refractivity contribution in [1.29, 1.82) is 0 Å². The van der Waals surface area contributed by atoms with Gasteiger partial charge in [-0.1, -0.05) is 32.9 Å². The van der Waals surface area contributed by atoms with Crippen molar-refractivity contribution in [3.05, 3.63) is 29.8 Å². The third kappa shape index (κ3) is 4.34. The molecule has 0 radical (unpaired) electrons. The van der Waals surface area contributed by atoms with E-state index in [2.05, 4.69) is 50.4 Å². The Morgan fingerprint density at radius 3 is 2.44 bits per heavy atom. The quantitative estimate of drug-likeness (QED) is 0.797. The topological polar surface area (TPSA) is 21.3 Å². The first-order valence-corrected chi connectivity index (χ1v) is 7.04. The molecule has 1 saturated carbocycles. The molecule has 0 bridgehead atoms.